The molecule has 3 aromatic rings. The summed E-state index contributed by atoms with van der Waals surface area (Å²) in [6.07, 6.45) is 1.80. The van der Waals surface area contributed by atoms with Crippen LogP contribution in [0, 0.1) is 5.82 Å². The largest absolute Gasteiger partial charge is 0.392 e. The molecule has 3 rings (SSSR count). The average Bonchev–Trinajstić information content (AvgIpc) is 2.98. The fraction of sp³-hybridized carbons (Fsp3) is 0.188. The second-order valence-corrected chi connectivity index (χ2v) is 4.94. The van der Waals surface area contributed by atoms with Crippen LogP contribution in [0.15, 0.2) is 42.6 Å². The van der Waals surface area contributed by atoms with E-state index in [1.54, 1.807) is 18.3 Å². The molecule has 21 heavy (non-hydrogen) atoms. The molecule has 1 heterocycles. The van der Waals surface area contributed by atoms with E-state index in [0.29, 0.717) is 18.7 Å². The van der Waals surface area contributed by atoms with Crippen LogP contribution in [0.2, 0.25) is 0 Å². The van der Waals surface area contributed by atoms with Crippen LogP contribution in [0.5, 0.6) is 0 Å². The molecule has 0 amide bonds. The fourth-order valence-electron chi connectivity index (χ4n) is 2.38. The van der Waals surface area contributed by atoms with Crippen LogP contribution in [-0.2, 0) is 19.7 Å². The minimum atomic E-state index is -0.372. The first kappa shape index (κ1) is 13.7. The Hall–Kier alpha value is -2.24. The highest BCUT2D eigenvalue weighted by atomic mass is 19.1. The Morgan fingerprint density at radius 2 is 2.05 bits per heavy atom. The van der Waals surface area contributed by atoms with Gasteiger partial charge in [0, 0.05) is 24.0 Å². The van der Waals surface area contributed by atoms with Crippen LogP contribution in [0.1, 0.15) is 16.7 Å². The molecule has 0 radical (unpaired) electrons. The van der Waals surface area contributed by atoms with E-state index >= 15 is 0 Å². The van der Waals surface area contributed by atoms with Crippen LogP contribution in [0.25, 0.3) is 10.9 Å². The van der Waals surface area contributed by atoms with E-state index in [9.17, 15) is 4.39 Å². The number of hydrogen-bond donors (Lipinski definition) is 3. The van der Waals surface area contributed by atoms with Gasteiger partial charge < -0.3 is 10.4 Å². The summed E-state index contributed by atoms with van der Waals surface area (Å²) in [6.45, 7) is 1.01. The van der Waals surface area contributed by atoms with Gasteiger partial charge in [-0.15, -0.1) is 0 Å². The molecule has 1 aromatic heterocycles. The van der Waals surface area contributed by atoms with Gasteiger partial charge in [-0.3, -0.25) is 5.10 Å². The highest BCUT2D eigenvalue weighted by Crippen LogP contribution is 2.16. The van der Waals surface area contributed by atoms with Crippen LogP contribution < -0.4 is 5.32 Å². The number of aromatic nitrogens is 2. The number of hydrogen-bond acceptors (Lipinski definition) is 3. The molecule has 0 atom stereocenters. The van der Waals surface area contributed by atoms with Crippen molar-refractivity contribution in [3.8, 4) is 0 Å². The summed E-state index contributed by atoms with van der Waals surface area (Å²) in [4.78, 5) is 0. The van der Waals surface area contributed by atoms with E-state index < -0.39 is 0 Å². The van der Waals surface area contributed by atoms with E-state index in [2.05, 4.69) is 15.5 Å². The number of benzene rings is 2. The van der Waals surface area contributed by atoms with Crippen molar-refractivity contribution in [2.75, 3.05) is 0 Å². The maximum Gasteiger partial charge on any atom is 0.128 e. The van der Waals surface area contributed by atoms with Gasteiger partial charge in [-0.2, -0.15) is 5.10 Å². The molecule has 108 valence electrons. The number of halogens is 1. The lowest BCUT2D eigenvalue weighted by Crippen LogP contribution is -2.13. The van der Waals surface area contributed by atoms with E-state index in [1.807, 2.05) is 18.2 Å². The molecule has 3 N–H and O–H groups in total. The SMILES string of the molecule is OCc1cc(CNCc2cccc3cn[nH]c23)ccc1F. The standard InChI is InChI=1S/C16H16FN3O/c17-15-5-4-11(6-14(15)10-21)7-18-8-12-2-1-3-13-9-19-20-16(12)13/h1-6,9,18,21H,7-8,10H2,(H,19,20). The summed E-state index contributed by atoms with van der Waals surface area (Å²) in [7, 11) is 0. The average molecular weight is 285 g/mol. The Morgan fingerprint density at radius 1 is 1.14 bits per heavy atom. The zero-order valence-electron chi connectivity index (χ0n) is 11.4. The Morgan fingerprint density at radius 3 is 2.90 bits per heavy atom. The van der Waals surface area contributed by atoms with Gasteiger partial charge in [0.25, 0.3) is 0 Å². The van der Waals surface area contributed by atoms with E-state index in [1.165, 1.54) is 6.07 Å². The van der Waals surface area contributed by atoms with Crippen LogP contribution in [-0.4, -0.2) is 15.3 Å². The highest BCUT2D eigenvalue weighted by molar-refractivity contribution is 5.81. The minimum Gasteiger partial charge on any atom is -0.392 e. The van der Waals surface area contributed by atoms with Crippen molar-refractivity contribution in [3.63, 3.8) is 0 Å². The Labute approximate surface area is 121 Å². The van der Waals surface area contributed by atoms with Gasteiger partial charge in [-0.05, 0) is 23.3 Å². The second-order valence-electron chi connectivity index (χ2n) is 4.94. The Bertz CT molecular complexity index is 754. The van der Waals surface area contributed by atoms with E-state index in [-0.39, 0.29) is 12.4 Å². The van der Waals surface area contributed by atoms with E-state index in [4.69, 9.17) is 5.11 Å². The van der Waals surface area contributed by atoms with Gasteiger partial charge in [-0.1, -0.05) is 24.3 Å². The predicted molar refractivity (Wildman–Crippen MR) is 79.0 cm³/mol. The number of fused-ring (bicyclic) bond motifs is 1. The fourth-order valence-corrected chi connectivity index (χ4v) is 2.38. The van der Waals surface area contributed by atoms with Crippen molar-refractivity contribution in [2.24, 2.45) is 0 Å². The lowest BCUT2D eigenvalue weighted by Gasteiger charge is -2.08. The molecule has 0 aliphatic rings. The van der Waals surface area contributed by atoms with Crippen molar-refractivity contribution >= 4 is 10.9 Å². The van der Waals surface area contributed by atoms with E-state index in [0.717, 1.165) is 22.0 Å². The predicted octanol–water partition coefficient (Wildman–Crippen LogP) is 2.48. The monoisotopic (exact) mass is 285 g/mol. The summed E-state index contributed by atoms with van der Waals surface area (Å²) in [5.74, 6) is -0.372. The number of aliphatic hydroxyl groups is 1. The number of para-hydroxylation sites is 1. The lowest BCUT2D eigenvalue weighted by molar-refractivity contribution is 0.275. The molecule has 0 unspecified atom stereocenters. The number of nitrogens with zero attached hydrogens (tertiary/aromatic N) is 1. The van der Waals surface area contributed by atoms with Gasteiger partial charge in [0.15, 0.2) is 0 Å². The van der Waals surface area contributed by atoms with Crippen LogP contribution in [0.3, 0.4) is 0 Å². The van der Waals surface area contributed by atoms with Gasteiger partial charge in [0.1, 0.15) is 5.82 Å². The molecule has 0 aliphatic heterocycles. The van der Waals surface area contributed by atoms with Crippen molar-refractivity contribution in [2.45, 2.75) is 19.7 Å². The summed E-state index contributed by atoms with van der Waals surface area (Å²) in [6, 6.07) is 10.8. The lowest BCUT2D eigenvalue weighted by atomic mass is 10.1. The number of nitrogens with one attached hydrogen (secondary N) is 2. The molecule has 4 nitrogen and oxygen atoms in total. The zero-order valence-corrected chi connectivity index (χ0v) is 11.4. The maximum atomic E-state index is 13.3. The third kappa shape index (κ3) is 2.94. The topological polar surface area (TPSA) is 60.9 Å². The first-order chi connectivity index (χ1) is 10.3. The highest BCUT2D eigenvalue weighted by Gasteiger charge is 2.04. The molecule has 0 saturated carbocycles. The Kier molecular flexibility index (Phi) is 3.94. The number of aromatic amines is 1. The molecule has 0 aliphatic carbocycles. The summed E-state index contributed by atoms with van der Waals surface area (Å²) in [5.41, 5.74) is 3.43. The molecule has 2 aromatic carbocycles. The quantitative estimate of drug-likeness (QED) is 0.675. The first-order valence-corrected chi connectivity index (χ1v) is 6.78. The van der Waals surface area contributed by atoms with Crippen molar-refractivity contribution in [1.82, 2.24) is 15.5 Å². The maximum absolute atomic E-state index is 13.3. The van der Waals surface area contributed by atoms with Gasteiger partial charge in [0.05, 0.1) is 18.3 Å². The molecule has 5 heteroatoms. The van der Waals surface area contributed by atoms with Crippen molar-refractivity contribution in [1.29, 1.82) is 0 Å². The second kappa shape index (κ2) is 6.03. The zero-order chi connectivity index (χ0) is 14.7. The van der Waals surface area contributed by atoms with Gasteiger partial charge in [-0.25, -0.2) is 4.39 Å². The molecule has 0 saturated heterocycles. The first-order valence-electron chi connectivity index (χ1n) is 6.78. The molecule has 0 spiro atoms. The number of rotatable bonds is 5. The molecular formula is C16H16FN3O. The Balaban J connectivity index is 1.67. The third-order valence-corrected chi connectivity index (χ3v) is 3.49. The number of H-pyrrole nitrogens is 1. The summed E-state index contributed by atoms with van der Waals surface area (Å²) < 4.78 is 13.3. The summed E-state index contributed by atoms with van der Waals surface area (Å²) >= 11 is 0. The third-order valence-electron chi connectivity index (χ3n) is 3.49. The smallest absolute Gasteiger partial charge is 0.128 e. The number of aliphatic hydroxyl groups excluding tert-OH is 1. The normalized spacial score (nSPS) is 11.1. The van der Waals surface area contributed by atoms with Crippen molar-refractivity contribution in [3.05, 3.63) is 65.1 Å². The van der Waals surface area contributed by atoms with Crippen molar-refractivity contribution < 1.29 is 9.50 Å². The summed E-state index contributed by atoms with van der Waals surface area (Å²) in [5, 5.41) is 20.5. The van der Waals surface area contributed by atoms with Crippen LogP contribution >= 0.6 is 0 Å². The minimum absolute atomic E-state index is 0.285. The molecule has 0 fully saturated rings. The van der Waals surface area contributed by atoms with Crippen LogP contribution in [0.4, 0.5) is 4.39 Å². The van der Waals surface area contributed by atoms with Gasteiger partial charge in [0.2, 0.25) is 0 Å². The molecule has 0 bridgehead atoms. The molecular weight excluding hydrogens is 269 g/mol. The van der Waals surface area contributed by atoms with Gasteiger partial charge >= 0.3 is 0 Å².